The first-order valence-electron chi connectivity index (χ1n) is 6.16. The molecule has 3 aromatic rings. The molecule has 0 aliphatic rings. The Morgan fingerprint density at radius 3 is 1.74 bits per heavy atom. The van der Waals surface area contributed by atoms with E-state index >= 15 is 0 Å². The van der Waals surface area contributed by atoms with Gasteiger partial charge in [-0.25, -0.2) is 4.99 Å². The standard InChI is InChI=1S/C17H13NO/c1-3-8-14(9-4-1)17(15-10-5-2-6-11-15)18-16-12-7-13-19-16/h1-13H. The molecular formula is C17H13NO. The van der Waals surface area contributed by atoms with E-state index in [0.717, 1.165) is 16.8 Å². The Labute approximate surface area is 112 Å². The lowest BCUT2D eigenvalue weighted by atomic mass is 10.0. The summed E-state index contributed by atoms with van der Waals surface area (Å²) in [6, 6.07) is 23.9. The van der Waals surface area contributed by atoms with Crippen molar-refractivity contribution in [1.29, 1.82) is 0 Å². The zero-order valence-electron chi connectivity index (χ0n) is 10.4. The second-order valence-corrected chi connectivity index (χ2v) is 4.14. The van der Waals surface area contributed by atoms with Crippen LogP contribution in [0.3, 0.4) is 0 Å². The van der Waals surface area contributed by atoms with Crippen molar-refractivity contribution in [2.24, 2.45) is 4.99 Å². The fourth-order valence-corrected chi connectivity index (χ4v) is 1.93. The highest BCUT2D eigenvalue weighted by molar-refractivity contribution is 6.13. The van der Waals surface area contributed by atoms with E-state index in [1.165, 1.54) is 0 Å². The quantitative estimate of drug-likeness (QED) is 0.628. The lowest BCUT2D eigenvalue weighted by Crippen LogP contribution is -2.02. The van der Waals surface area contributed by atoms with Gasteiger partial charge in [0, 0.05) is 17.2 Å². The fourth-order valence-electron chi connectivity index (χ4n) is 1.93. The van der Waals surface area contributed by atoms with Gasteiger partial charge in [0.1, 0.15) is 0 Å². The summed E-state index contributed by atoms with van der Waals surface area (Å²) in [4.78, 5) is 4.61. The highest BCUT2D eigenvalue weighted by Gasteiger charge is 2.07. The Morgan fingerprint density at radius 1 is 0.684 bits per heavy atom. The van der Waals surface area contributed by atoms with Gasteiger partial charge < -0.3 is 4.42 Å². The summed E-state index contributed by atoms with van der Waals surface area (Å²) in [5.41, 5.74) is 3.06. The fraction of sp³-hybridized carbons (Fsp3) is 0. The highest BCUT2D eigenvalue weighted by Crippen LogP contribution is 2.18. The molecule has 0 spiro atoms. The smallest absolute Gasteiger partial charge is 0.219 e. The third-order valence-electron chi connectivity index (χ3n) is 2.82. The van der Waals surface area contributed by atoms with Crippen LogP contribution in [0.1, 0.15) is 11.1 Å². The van der Waals surface area contributed by atoms with Gasteiger partial charge in [0.25, 0.3) is 0 Å². The molecular weight excluding hydrogens is 234 g/mol. The van der Waals surface area contributed by atoms with E-state index in [2.05, 4.69) is 29.3 Å². The van der Waals surface area contributed by atoms with Gasteiger partial charge in [-0.1, -0.05) is 60.7 Å². The Morgan fingerprint density at radius 2 is 1.26 bits per heavy atom. The minimum absolute atomic E-state index is 0.614. The average Bonchev–Trinajstić information content (AvgIpc) is 3.00. The van der Waals surface area contributed by atoms with Gasteiger partial charge in [-0.15, -0.1) is 0 Å². The second-order valence-electron chi connectivity index (χ2n) is 4.14. The molecule has 2 heteroatoms. The van der Waals surface area contributed by atoms with E-state index in [4.69, 9.17) is 4.42 Å². The summed E-state index contributed by atoms with van der Waals surface area (Å²) in [5, 5.41) is 0. The van der Waals surface area contributed by atoms with Gasteiger partial charge in [0.05, 0.1) is 12.0 Å². The predicted molar refractivity (Wildman–Crippen MR) is 76.9 cm³/mol. The van der Waals surface area contributed by atoms with E-state index < -0.39 is 0 Å². The molecule has 92 valence electrons. The van der Waals surface area contributed by atoms with Crippen LogP contribution in [-0.4, -0.2) is 5.71 Å². The first kappa shape index (κ1) is 11.5. The van der Waals surface area contributed by atoms with Crippen LogP contribution >= 0.6 is 0 Å². The third kappa shape index (κ3) is 2.63. The van der Waals surface area contributed by atoms with Crippen LogP contribution in [0.4, 0.5) is 5.88 Å². The molecule has 19 heavy (non-hydrogen) atoms. The monoisotopic (exact) mass is 247 g/mol. The number of rotatable bonds is 3. The lowest BCUT2D eigenvalue weighted by molar-refractivity contribution is 0.578. The number of nitrogens with zero attached hydrogens (tertiary/aromatic N) is 1. The first-order valence-corrected chi connectivity index (χ1v) is 6.16. The summed E-state index contributed by atoms with van der Waals surface area (Å²) in [5.74, 6) is 0.614. The van der Waals surface area contributed by atoms with Crippen LogP contribution in [-0.2, 0) is 0 Å². The Kier molecular flexibility index (Phi) is 3.24. The zero-order chi connectivity index (χ0) is 12.9. The van der Waals surface area contributed by atoms with Gasteiger partial charge in [-0.3, -0.25) is 0 Å². The Hall–Kier alpha value is -2.61. The lowest BCUT2D eigenvalue weighted by Gasteiger charge is -2.06. The molecule has 0 aliphatic heterocycles. The third-order valence-corrected chi connectivity index (χ3v) is 2.82. The molecule has 0 saturated heterocycles. The minimum atomic E-state index is 0.614. The van der Waals surface area contributed by atoms with Crippen LogP contribution < -0.4 is 0 Å². The largest absolute Gasteiger partial charge is 0.447 e. The molecule has 0 radical (unpaired) electrons. The molecule has 3 rings (SSSR count). The van der Waals surface area contributed by atoms with Crippen molar-refractivity contribution in [3.8, 4) is 0 Å². The molecule has 0 aliphatic carbocycles. The van der Waals surface area contributed by atoms with Crippen LogP contribution in [0.25, 0.3) is 0 Å². The maximum absolute atomic E-state index is 5.32. The van der Waals surface area contributed by atoms with Crippen molar-refractivity contribution in [1.82, 2.24) is 0 Å². The molecule has 0 bridgehead atoms. The summed E-state index contributed by atoms with van der Waals surface area (Å²) < 4.78 is 5.32. The highest BCUT2D eigenvalue weighted by atomic mass is 16.3. The normalized spacial score (nSPS) is 10.1. The van der Waals surface area contributed by atoms with Crippen molar-refractivity contribution in [2.75, 3.05) is 0 Å². The van der Waals surface area contributed by atoms with Crippen molar-refractivity contribution in [2.45, 2.75) is 0 Å². The van der Waals surface area contributed by atoms with E-state index in [1.54, 1.807) is 6.26 Å². The summed E-state index contributed by atoms with van der Waals surface area (Å²) in [7, 11) is 0. The summed E-state index contributed by atoms with van der Waals surface area (Å²) >= 11 is 0. The second kappa shape index (κ2) is 5.36. The molecule has 0 amide bonds. The van der Waals surface area contributed by atoms with E-state index in [0.29, 0.717) is 5.88 Å². The van der Waals surface area contributed by atoms with Crippen LogP contribution in [0.15, 0.2) is 88.5 Å². The van der Waals surface area contributed by atoms with Gasteiger partial charge in [-0.05, 0) is 6.07 Å². The molecule has 2 aromatic carbocycles. The summed E-state index contributed by atoms with van der Waals surface area (Å²) in [6.07, 6.45) is 1.63. The van der Waals surface area contributed by atoms with Crippen molar-refractivity contribution >= 4 is 11.6 Å². The van der Waals surface area contributed by atoms with Crippen LogP contribution in [0, 0.1) is 0 Å². The molecule has 1 aromatic heterocycles. The average molecular weight is 247 g/mol. The van der Waals surface area contributed by atoms with Crippen LogP contribution in [0.2, 0.25) is 0 Å². The first-order chi connectivity index (χ1) is 9.43. The zero-order valence-corrected chi connectivity index (χ0v) is 10.4. The number of aliphatic imine (C=N–C) groups is 1. The van der Waals surface area contributed by atoms with Crippen molar-refractivity contribution in [3.05, 3.63) is 90.2 Å². The van der Waals surface area contributed by atoms with E-state index in [1.807, 2.05) is 48.5 Å². The van der Waals surface area contributed by atoms with Gasteiger partial charge in [-0.2, -0.15) is 0 Å². The number of furan rings is 1. The Bertz CT molecular complexity index is 614. The maximum Gasteiger partial charge on any atom is 0.219 e. The van der Waals surface area contributed by atoms with Gasteiger partial charge in [0.2, 0.25) is 5.88 Å². The molecule has 0 N–H and O–H groups in total. The topological polar surface area (TPSA) is 25.5 Å². The van der Waals surface area contributed by atoms with Crippen molar-refractivity contribution < 1.29 is 4.42 Å². The number of hydrogen-bond acceptors (Lipinski definition) is 2. The minimum Gasteiger partial charge on any atom is -0.447 e. The molecule has 0 saturated carbocycles. The maximum atomic E-state index is 5.32. The molecule has 0 atom stereocenters. The molecule has 0 fully saturated rings. The molecule has 2 nitrogen and oxygen atoms in total. The number of hydrogen-bond donors (Lipinski definition) is 0. The van der Waals surface area contributed by atoms with E-state index in [-0.39, 0.29) is 0 Å². The predicted octanol–water partition coefficient (Wildman–Crippen LogP) is 4.45. The van der Waals surface area contributed by atoms with Crippen molar-refractivity contribution in [3.63, 3.8) is 0 Å². The Balaban J connectivity index is 2.12. The number of benzene rings is 2. The van der Waals surface area contributed by atoms with Gasteiger partial charge >= 0.3 is 0 Å². The SMILES string of the molecule is c1ccc(C(=Nc2ccco2)c2ccccc2)cc1. The molecule has 0 unspecified atom stereocenters. The van der Waals surface area contributed by atoms with E-state index in [9.17, 15) is 0 Å². The molecule has 1 heterocycles. The van der Waals surface area contributed by atoms with Crippen LogP contribution in [0.5, 0.6) is 0 Å². The van der Waals surface area contributed by atoms with Gasteiger partial charge in [0.15, 0.2) is 0 Å². The summed E-state index contributed by atoms with van der Waals surface area (Å²) in [6.45, 7) is 0.